The first-order valence-corrected chi connectivity index (χ1v) is 10.3. The van der Waals surface area contributed by atoms with E-state index in [9.17, 15) is 0 Å². The van der Waals surface area contributed by atoms with Gasteiger partial charge in [0.1, 0.15) is 17.7 Å². The van der Waals surface area contributed by atoms with E-state index in [0.29, 0.717) is 18.4 Å². The molecule has 2 saturated heterocycles. The summed E-state index contributed by atoms with van der Waals surface area (Å²) in [5.74, 6) is 2.36. The van der Waals surface area contributed by atoms with Gasteiger partial charge in [0, 0.05) is 50.1 Å². The van der Waals surface area contributed by atoms with E-state index >= 15 is 0 Å². The van der Waals surface area contributed by atoms with Crippen molar-refractivity contribution in [3.05, 3.63) is 30.0 Å². The van der Waals surface area contributed by atoms with Crippen LogP contribution in [0, 0.1) is 6.92 Å². The van der Waals surface area contributed by atoms with E-state index in [1.165, 1.54) is 0 Å². The fourth-order valence-corrected chi connectivity index (χ4v) is 3.92. The Kier molecular flexibility index (Phi) is 5.14. The Hall–Kier alpha value is -2.91. The number of ether oxygens (including phenoxy) is 3. The van der Waals surface area contributed by atoms with E-state index in [1.807, 2.05) is 23.0 Å². The number of aromatic nitrogens is 4. The molecule has 2 fully saturated rings. The van der Waals surface area contributed by atoms with Crippen molar-refractivity contribution in [2.75, 3.05) is 51.4 Å². The van der Waals surface area contributed by atoms with Crippen molar-refractivity contribution in [1.82, 2.24) is 25.1 Å². The first-order valence-electron chi connectivity index (χ1n) is 10.3. The van der Waals surface area contributed by atoms with Crippen molar-refractivity contribution in [3.8, 4) is 17.6 Å². The maximum Gasteiger partial charge on any atom is 0.320 e. The van der Waals surface area contributed by atoms with Crippen LogP contribution in [0.2, 0.25) is 0 Å². The number of anilines is 1. The van der Waals surface area contributed by atoms with Crippen LogP contribution < -0.4 is 19.7 Å². The summed E-state index contributed by atoms with van der Waals surface area (Å²) in [7, 11) is 1.58. The first-order chi connectivity index (χ1) is 14.7. The van der Waals surface area contributed by atoms with Crippen LogP contribution in [0.4, 0.5) is 5.82 Å². The average Bonchev–Trinajstić information content (AvgIpc) is 3.44. The quantitative estimate of drug-likeness (QED) is 0.680. The molecule has 1 aromatic carbocycles. The molecule has 0 aliphatic carbocycles. The van der Waals surface area contributed by atoms with Crippen LogP contribution >= 0.6 is 0 Å². The van der Waals surface area contributed by atoms with Crippen molar-refractivity contribution >= 4 is 16.7 Å². The highest BCUT2D eigenvalue weighted by atomic mass is 16.5. The molecule has 9 heteroatoms. The number of hydrogen-bond acceptors (Lipinski definition) is 8. The first kappa shape index (κ1) is 19.1. The van der Waals surface area contributed by atoms with E-state index < -0.39 is 0 Å². The summed E-state index contributed by atoms with van der Waals surface area (Å²) in [6.07, 6.45) is 2.86. The van der Waals surface area contributed by atoms with E-state index in [4.69, 9.17) is 14.2 Å². The van der Waals surface area contributed by atoms with Gasteiger partial charge in [-0.25, -0.2) is 4.68 Å². The van der Waals surface area contributed by atoms with Gasteiger partial charge in [-0.05, 0) is 18.6 Å². The highest BCUT2D eigenvalue weighted by Gasteiger charge is 2.20. The van der Waals surface area contributed by atoms with Gasteiger partial charge in [-0.1, -0.05) is 0 Å². The van der Waals surface area contributed by atoms with Gasteiger partial charge >= 0.3 is 6.01 Å². The van der Waals surface area contributed by atoms with Crippen LogP contribution in [0.3, 0.4) is 0 Å². The van der Waals surface area contributed by atoms with Gasteiger partial charge in [0.25, 0.3) is 0 Å². The average molecular weight is 410 g/mol. The number of nitrogens with zero attached hydrogens (tertiary/aromatic N) is 5. The summed E-state index contributed by atoms with van der Waals surface area (Å²) in [5, 5.41) is 9.00. The van der Waals surface area contributed by atoms with E-state index in [0.717, 1.165) is 67.2 Å². The predicted octanol–water partition coefficient (Wildman–Crippen LogP) is 1.71. The monoisotopic (exact) mass is 410 g/mol. The molecule has 2 aliphatic rings. The molecule has 5 rings (SSSR count). The van der Waals surface area contributed by atoms with Crippen LogP contribution in [-0.2, 0) is 4.74 Å². The molecule has 2 aromatic heterocycles. The van der Waals surface area contributed by atoms with Gasteiger partial charge in [-0.15, -0.1) is 0 Å². The number of methoxy groups -OCH3 is 1. The van der Waals surface area contributed by atoms with Crippen molar-refractivity contribution in [1.29, 1.82) is 0 Å². The summed E-state index contributed by atoms with van der Waals surface area (Å²) < 4.78 is 18.9. The SMILES string of the molecule is COc1nc(N2CCNCC2)cc(-n2ncc3cc(C)c(O[C@H]4CCOC4)cc32)n1. The zero-order chi connectivity index (χ0) is 20.5. The molecule has 0 bridgehead atoms. The lowest BCUT2D eigenvalue weighted by atomic mass is 10.1. The molecule has 0 radical (unpaired) electrons. The maximum absolute atomic E-state index is 6.20. The number of nitrogens with one attached hydrogen (secondary N) is 1. The molecule has 2 aliphatic heterocycles. The number of piperazine rings is 1. The van der Waals surface area contributed by atoms with Crippen LogP contribution in [-0.4, -0.2) is 72.4 Å². The van der Waals surface area contributed by atoms with Crippen molar-refractivity contribution in [2.24, 2.45) is 0 Å². The standard InChI is InChI=1S/C21H26N6O3/c1-14-9-15-12-23-27(17(15)10-18(14)30-16-3-8-29-13-16)20-11-19(24-21(25-20)28-2)26-6-4-22-5-7-26/h9-12,16,22H,3-8,13H2,1-2H3/t16-/m0/s1. The maximum atomic E-state index is 6.20. The van der Waals surface area contributed by atoms with E-state index in [1.54, 1.807) is 7.11 Å². The normalized spacial score (nSPS) is 19.4. The highest BCUT2D eigenvalue weighted by molar-refractivity contribution is 5.83. The van der Waals surface area contributed by atoms with Crippen LogP contribution in [0.5, 0.6) is 11.8 Å². The Bertz CT molecular complexity index is 1040. The van der Waals surface area contributed by atoms with Gasteiger partial charge < -0.3 is 24.4 Å². The Morgan fingerprint density at radius 2 is 1.97 bits per heavy atom. The number of hydrogen-bond donors (Lipinski definition) is 1. The van der Waals surface area contributed by atoms with Crippen molar-refractivity contribution in [2.45, 2.75) is 19.4 Å². The summed E-state index contributed by atoms with van der Waals surface area (Å²) in [6.45, 7) is 7.07. The minimum absolute atomic E-state index is 0.0935. The molecule has 0 spiro atoms. The molecule has 0 saturated carbocycles. The molecule has 1 atom stereocenters. The molecular weight excluding hydrogens is 384 g/mol. The predicted molar refractivity (Wildman–Crippen MR) is 113 cm³/mol. The Balaban J connectivity index is 1.54. The fraction of sp³-hybridized carbons (Fsp3) is 0.476. The Morgan fingerprint density at radius 3 is 2.73 bits per heavy atom. The van der Waals surface area contributed by atoms with Gasteiger partial charge in [0.2, 0.25) is 0 Å². The van der Waals surface area contributed by atoms with Crippen LogP contribution in [0.1, 0.15) is 12.0 Å². The molecule has 4 heterocycles. The molecule has 0 amide bonds. The van der Waals surface area contributed by atoms with Gasteiger partial charge in [-0.2, -0.15) is 15.1 Å². The number of fused-ring (bicyclic) bond motifs is 1. The number of rotatable bonds is 5. The van der Waals surface area contributed by atoms with Crippen molar-refractivity contribution in [3.63, 3.8) is 0 Å². The van der Waals surface area contributed by atoms with Gasteiger partial charge in [0.05, 0.1) is 32.0 Å². The number of aryl methyl sites for hydroxylation is 1. The molecule has 3 aromatic rings. The molecule has 0 unspecified atom stereocenters. The molecule has 30 heavy (non-hydrogen) atoms. The summed E-state index contributed by atoms with van der Waals surface area (Å²) in [6, 6.07) is 6.43. The molecule has 9 nitrogen and oxygen atoms in total. The summed E-state index contributed by atoms with van der Waals surface area (Å²) in [5.41, 5.74) is 2.01. The lowest BCUT2D eigenvalue weighted by Crippen LogP contribution is -2.44. The number of benzene rings is 1. The smallest absolute Gasteiger partial charge is 0.320 e. The minimum Gasteiger partial charge on any atom is -0.488 e. The van der Waals surface area contributed by atoms with Gasteiger partial charge in [-0.3, -0.25) is 0 Å². The largest absolute Gasteiger partial charge is 0.488 e. The third kappa shape index (κ3) is 3.66. The molecule has 1 N–H and O–H groups in total. The topological polar surface area (TPSA) is 86.6 Å². The minimum atomic E-state index is 0.0935. The fourth-order valence-electron chi connectivity index (χ4n) is 3.92. The second-order valence-corrected chi connectivity index (χ2v) is 7.64. The third-order valence-corrected chi connectivity index (χ3v) is 5.57. The zero-order valence-electron chi connectivity index (χ0n) is 17.3. The lowest BCUT2D eigenvalue weighted by molar-refractivity contribution is 0.141. The Morgan fingerprint density at radius 1 is 1.13 bits per heavy atom. The Labute approximate surface area is 175 Å². The zero-order valence-corrected chi connectivity index (χ0v) is 17.3. The van der Waals surface area contributed by atoms with Gasteiger partial charge in [0.15, 0.2) is 5.82 Å². The van der Waals surface area contributed by atoms with Crippen molar-refractivity contribution < 1.29 is 14.2 Å². The molecular formula is C21H26N6O3. The van der Waals surface area contributed by atoms with Crippen LogP contribution in [0.15, 0.2) is 24.4 Å². The van der Waals surface area contributed by atoms with E-state index in [-0.39, 0.29) is 6.10 Å². The highest BCUT2D eigenvalue weighted by Crippen LogP contribution is 2.29. The summed E-state index contributed by atoms with van der Waals surface area (Å²) >= 11 is 0. The third-order valence-electron chi connectivity index (χ3n) is 5.57. The molecule has 158 valence electrons. The van der Waals surface area contributed by atoms with Crippen LogP contribution in [0.25, 0.3) is 16.7 Å². The lowest BCUT2D eigenvalue weighted by Gasteiger charge is -2.28. The summed E-state index contributed by atoms with van der Waals surface area (Å²) in [4.78, 5) is 11.3. The second kappa shape index (κ2) is 8.08. The van der Waals surface area contributed by atoms with E-state index in [2.05, 4.69) is 38.3 Å². The second-order valence-electron chi connectivity index (χ2n) is 7.64.